The summed E-state index contributed by atoms with van der Waals surface area (Å²) < 4.78 is 63.2. The van der Waals surface area contributed by atoms with Crippen molar-refractivity contribution in [3.63, 3.8) is 0 Å². The number of nitriles is 1. The molecule has 1 unspecified atom stereocenters. The van der Waals surface area contributed by atoms with Gasteiger partial charge in [-0.3, -0.25) is 4.90 Å². The number of anilines is 1. The first-order valence-corrected chi connectivity index (χ1v) is 13.1. The number of benzene rings is 1. The van der Waals surface area contributed by atoms with E-state index in [2.05, 4.69) is 23.6 Å². The number of piperazine rings is 1. The molecular formula is C23H32F3N3O2S. The molecule has 1 saturated heterocycles. The largest absolute Gasteiger partial charge is 0.391 e. The average Bonchev–Trinajstić information content (AvgIpc) is 2.72. The van der Waals surface area contributed by atoms with Crippen molar-refractivity contribution in [3.05, 3.63) is 23.8 Å². The second kappa shape index (κ2) is 9.60. The van der Waals surface area contributed by atoms with Crippen LogP contribution < -0.4 is 4.90 Å². The highest BCUT2D eigenvalue weighted by molar-refractivity contribution is 7.90. The smallest absolute Gasteiger partial charge is 0.369 e. The minimum atomic E-state index is -4.08. The number of hydrogen-bond donors (Lipinski definition) is 0. The summed E-state index contributed by atoms with van der Waals surface area (Å²) in [6.07, 6.45) is -1.30. The van der Waals surface area contributed by atoms with E-state index in [1.54, 1.807) is 18.2 Å². The third-order valence-corrected chi connectivity index (χ3v) is 8.09. The lowest BCUT2D eigenvalue weighted by Crippen LogP contribution is -2.56. The Morgan fingerprint density at radius 1 is 1.16 bits per heavy atom. The van der Waals surface area contributed by atoms with Crippen molar-refractivity contribution in [2.75, 3.05) is 37.3 Å². The van der Waals surface area contributed by atoms with Crippen molar-refractivity contribution in [1.82, 2.24) is 4.90 Å². The van der Waals surface area contributed by atoms with Crippen LogP contribution in [0, 0.1) is 29.1 Å². The van der Waals surface area contributed by atoms with Gasteiger partial charge in [0.1, 0.15) is 6.07 Å². The van der Waals surface area contributed by atoms with Crippen LogP contribution in [0.4, 0.5) is 18.9 Å². The fraction of sp³-hybridized carbons (Fsp3) is 0.696. The minimum absolute atomic E-state index is 0.0439. The molecule has 1 saturated carbocycles. The molecule has 1 aliphatic carbocycles. The molecule has 9 heteroatoms. The van der Waals surface area contributed by atoms with Gasteiger partial charge in [-0.2, -0.15) is 18.4 Å². The van der Waals surface area contributed by atoms with E-state index in [0.717, 1.165) is 25.0 Å². The van der Waals surface area contributed by atoms with Crippen LogP contribution in [0.3, 0.4) is 0 Å². The molecule has 0 radical (unpaired) electrons. The van der Waals surface area contributed by atoms with Gasteiger partial charge in [-0.1, -0.05) is 13.8 Å². The van der Waals surface area contributed by atoms with Gasteiger partial charge in [0, 0.05) is 44.2 Å². The lowest BCUT2D eigenvalue weighted by atomic mass is 9.81. The van der Waals surface area contributed by atoms with Crippen LogP contribution in [-0.4, -0.2) is 58.0 Å². The van der Waals surface area contributed by atoms with E-state index in [4.69, 9.17) is 0 Å². The monoisotopic (exact) mass is 471 g/mol. The van der Waals surface area contributed by atoms with E-state index in [1.807, 2.05) is 6.07 Å². The third kappa shape index (κ3) is 5.76. The highest BCUT2D eigenvalue weighted by atomic mass is 32.2. The van der Waals surface area contributed by atoms with E-state index >= 15 is 0 Å². The fourth-order valence-electron chi connectivity index (χ4n) is 5.05. The quantitative estimate of drug-likeness (QED) is 0.634. The molecule has 0 aromatic heterocycles. The molecule has 1 aliphatic heterocycles. The van der Waals surface area contributed by atoms with Crippen LogP contribution in [0.1, 0.15) is 45.1 Å². The Kier molecular flexibility index (Phi) is 7.45. The van der Waals surface area contributed by atoms with Gasteiger partial charge in [-0.15, -0.1) is 0 Å². The summed E-state index contributed by atoms with van der Waals surface area (Å²) in [6.45, 7) is 7.28. The molecule has 178 valence electrons. The summed E-state index contributed by atoms with van der Waals surface area (Å²) in [7, 11) is -3.52. The summed E-state index contributed by atoms with van der Waals surface area (Å²) >= 11 is 0. The van der Waals surface area contributed by atoms with Crippen LogP contribution in [0.2, 0.25) is 0 Å². The molecule has 0 amide bonds. The predicted molar refractivity (Wildman–Crippen MR) is 118 cm³/mol. The SMILES string of the molecule is CC(C)C1CN(c2ccc(C#N)c(S(C)(=O)=O)c2)CCN1CC1CCC(C(F)(F)F)CC1. The number of hydrogen-bond acceptors (Lipinski definition) is 5. The summed E-state index contributed by atoms with van der Waals surface area (Å²) in [4.78, 5) is 4.60. The fourth-order valence-corrected chi connectivity index (χ4v) is 5.90. The first kappa shape index (κ1) is 24.8. The van der Waals surface area contributed by atoms with Crippen molar-refractivity contribution >= 4 is 15.5 Å². The highest BCUT2D eigenvalue weighted by Crippen LogP contribution is 2.40. The summed E-state index contributed by atoms with van der Waals surface area (Å²) in [5.74, 6) is -0.526. The molecule has 1 atom stereocenters. The topological polar surface area (TPSA) is 64.4 Å². The zero-order valence-corrected chi connectivity index (χ0v) is 19.7. The second-order valence-electron chi connectivity index (χ2n) is 9.58. The van der Waals surface area contributed by atoms with E-state index in [9.17, 15) is 26.9 Å². The first-order chi connectivity index (χ1) is 14.9. The van der Waals surface area contributed by atoms with Crippen molar-refractivity contribution in [3.8, 4) is 6.07 Å². The Morgan fingerprint density at radius 3 is 2.34 bits per heavy atom. The van der Waals surface area contributed by atoms with Gasteiger partial charge in [0.15, 0.2) is 9.84 Å². The van der Waals surface area contributed by atoms with Gasteiger partial charge >= 0.3 is 6.18 Å². The highest BCUT2D eigenvalue weighted by Gasteiger charge is 2.42. The van der Waals surface area contributed by atoms with Crippen LogP contribution in [-0.2, 0) is 9.84 Å². The number of nitrogens with zero attached hydrogens (tertiary/aromatic N) is 3. The Labute approximate surface area is 189 Å². The molecule has 3 rings (SSSR count). The van der Waals surface area contributed by atoms with Gasteiger partial charge in [0.05, 0.1) is 16.4 Å². The van der Waals surface area contributed by atoms with Crippen LogP contribution in [0.5, 0.6) is 0 Å². The molecule has 2 aliphatic rings. The number of sulfone groups is 1. The maximum Gasteiger partial charge on any atom is 0.391 e. The van der Waals surface area contributed by atoms with Gasteiger partial charge in [-0.25, -0.2) is 8.42 Å². The summed E-state index contributed by atoms with van der Waals surface area (Å²) in [5.41, 5.74) is 0.921. The minimum Gasteiger partial charge on any atom is -0.369 e. The number of rotatable bonds is 5. The predicted octanol–water partition coefficient (Wildman–Crippen LogP) is 4.48. The van der Waals surface area contributed by atoms with E-state index in [1.165, 1.54) is 0 Å². The lowest BCUT2D eigenvalue weighted by molar-refractivity contribution is -0.184. The molecule has 1 aromatic carbocycles. The summed E-state index contributed by atoms with van der Waals surface area (Å²) in [6, 6.07) is 7.10. The molecule has 5 nitrogen and oxygen atoms in total. The van der Waals surface area contributed by atoms with Crippen molar-refractivity contribution in [1.29, 1.82) is 5.26 Å². The first-order valence-electron chi connectivity index (χ1n) is 11.2. The molecule has 0 bridgehead atoms. The molecular weight excluding hydrogens is 439 g/mol. The van der Waals surface area contributed by atoms with Crippen LogP contribution in [0.15, 0.2) is 23.1 Å². The van der Waals surface area contributed by atoms with Crippen molar-refractivity contribution < 1.29 is 21.6 Å². The van der Waals surface area contributed by atoms with Gasteiger partial charge in [0.2, 0.25) is 0 Å². The maximum atomic E-state index is 13.0. The average molecular weight is 472 g/mol. The maximum absolute atomic E-state index is 13.0. The molecule has 1 aromatic rings. The van der Waals surface area contributed by atoms with Gasteiger partial charge in [0.25, 0.3) is 0 Å². The van der Waals surface area contributed by atoms with Gasteiger partial charge in [-0.05, 0) is 55.7 Å². The lowest BCUT2D eigenvalue weighted by Gasteiger charge is -2.46. The third-order valence-electron chi connectivity index (χ3n) is 6.96. The van der Waals surface area contributed by atoms with Crippen LogP contribution >= 0.6 is 0 Å². The normalized spacial score (nSPS) is 25.7. The Hall–Kier alpha value is -1.79. The van der Waals surface area contributed by atoms with Gasteiger partial charge < -0.3 is 4.90 Å². The molecule has 1 heterocycles. The van der Waals surface area contributed by atoms with E-state index in [0.29, 0.717) is 31.8 Å². The van der Waals surface area contributed by atoms with Crippen LogP contribution in [0.25, 0.3) is 0 Å². The molecule has 0 spiro atoms. The van der Waals surface area contributed by atoms with Crippen molar-refractivity contribution in [2.24, 2.45) is 17.8 Å². The zero-order valence-electron chi connectivity index (χ0n) is 18.9. The van der Waals surface area contributed by atoms with Crippen molar-refractivity contribution in [2.45, 2.75) is 56.6 Å². The van der Waals surface area contributed by atoms with E-state index in [-0.39, 0.29) is 35.3 Å². The Morgan fingerprint density at radius 2 is 1.81 bits per heavy atom. The molecule has 0 N–H and O–H groups in total. The zero-order chi connectivity index (χ0) is 23.7. The molecule has 32 heavy (non-hydrogen) atoms. The molecule has 2 fully saturated rings. The Bertz CT molecular complexity index is 948. The Balaban J connectivity index is 1.69. The summed E-state index contributed by atoms with van der Waals surface area (Å²) in [5, 5.41) is 9.25. The number of halogens is 3. The number of alkyl halides is 3. The standard InChI is InChI=1S/C23H32F3N3O2S/c1-16(2)21-15-28(20-9-6-18(13-27)22(12-20)32(3,30)31)10-11-29(21)14-17-4-7-19(8-5-17)23(24,25)26/h6,9,12,16-17,19,21H,4-5,7-8,10-11,14-15H2,1-3H3. The second-order valence-corrected chi connectivity index (χ2v) is 11.6. The van der Waals surface area contributed by atoms with E-state index < -0.39 is 21.9 Å².